The maximum atomic E-state index is 12.9. The highest BCUT2D eigenvalue weighted by Crippen LogP contribution is 2.10. The fourth-order valence-electron chi connectivity index (χ4n) is 3.12. The molecule has 0 spiro atoms. The molecule has 2 N–H and O–H groups in total. The van der Waals surface area contributed by atoms with Crippen LogP contribution in [0.4, 0.5) is 0 Å². The van der Waals surface area contributed by atoms with E-state index in [-0.39, 0.29) is 30.1 Å². The predicted octanol–water partition coefficient (Wildman–Crippen LogP) is 0.260. The highest BCUT2D eigenvalue weighted by molar-refractivity contribution is 5.88. The summed E-state index contributed by atoms with van der Waals surface area (Å²) in [7, 11) is 1.62. The van der Waals surface area contributed by atoms with E-state index < -0.39 is 6.04 Å². The van der Waals surface area contributed by atoms with Crippen LogP contribution >= 0.6 is 0 Å². The van der Waals surface area contributed by atoms with Crippen molar-refractivity contribution in [2.45, 2.75) is 26.3 Å². The van der Waals surface area contributed by atoms with Crippen LogP contribution in [0.15, 0.2) is 30.3 Å². The SMILES string of the molecule is CNC(=O)CN1CCN(C(=O)C(NC(=O)Cc2ccccc2)C(C)C)CC1. The fourth-order valence-corrected chi connectivity index (χ4v) is 3.12. The summed E-state index contributed by atoms with van der Waals surface area (Å²) in [4.78, 5) is 40.6. The minimum Gasteiger partial charge on any atom is -0.358 e. The van der Waals surface area contributed by atoms with Crippen LogP contribution < -0.4 is 10.6 Å². The Labute approximate surface area is 161 Å². The fraction of sp³-hybridized carbons (Fsp3) is 0.550. The zero-order valence-corrected chi connectivity index (χ0v) is 16.4. The topological polar surface area (TPSA) is 81.8 Å². The van der Waals surface area contributed by atoms with Crippen molar-refractivity contribution in [1.29, 1.82) is 0 Å². The number of nitrogens with one attached hydrogen (secondary N) is 2. The molecule has 1 atom stereocenters. The molecule has 2 rings (SSSR count). The summed E-state index contributed by atoms with van der Waals surface area (Å²) in [6.07, 6.45) is 0.261. The average molecular weight is 374 g/mol. The van der Waals surface area contributed by atoms with Crippen LogP contribution in [0.3, 0.4) is 0 Å². The molecule has 1 heterocycles. The normalized spacial score (nSPS) is 16.1. The Bertz CT molecular complexity index is 640. The van der Waals surface area contributed by atoms with Crippen LogP contribution in [-0.2, 0) is 20.8 Å². The lowest BCUT2D eigenvalue weighted by molar-refractivity contribution is -0.139. The summed E-state index contributed by atoms with van der Waals surface area (Å²) in [5.74, 6) is -0.221. The second-order valence-electron chi connectivity index (χ2n) is 7.23. The molecule has 0 radical (unpaired) electrons. The van der Waals surface area contributed by atoms with Crippen LogP contribution in [0.5, 0.6) is 0 Å². The molecule has 3 amide bonds. The number of hydrogen-bond donors (Lipinski definition) is 2. The lowest BCUT2D eigenvalue weighted by Crippen LogP contribution is -2.57. The van der Waals surface area contributed by atoms with Gasteiger partial charge in [0.15, 0.2) is 0 Å². The Hall–Kier alpha value is -2.41. The largest absolute Gasteiger partial charge is 0.358 e. The molecule has 1 saturated heterocycles. The monoisotopic (exact) mass is 374 g/mol. The highest BCUT2D eigenvalue weighted by atomic mass is 16.2. The quantitative estimate of drug-likeness (QED) is 0.717. The van der Waals surface area contributed by atoms with Crippen molar-refractivity contribution in [3.63, 3.8) is 0 Å². The van der Waals surface area contributed by atoms with Gasteiger partial charge < -0.3 is 15.5 Å². The minimum absolute atomic E-state index is 0.00104. The maximum Gasteiger partial charge on any atom is 0.245 e. The molecule has 7 nitrogen and oxygen atoms in total. The second-order valence-corrected chi connectivity index (χ2v) is 7.23. The minimum atomic E-state index is -0.535. The standard InChI is InChI=1S/C20H30N4O3/c1-15(2)19(22-17(25)13-16-7-5-4-6-8-16)20(27)24-11-9-23(10-12-24)14-18(26)21-3/h4-8,15,19H,9-14H2,1-3H3,(H,21,26)(H,22,25). The van der Waals surface area contributed by atoms with Crippen molar-refractivity contribution in [3.05, 3.63) is 35.9 Å². The Morgan fingerprint density at radius 1 is 1.00 bits per heavy atom. The zero-order chi connectivity index (χ0) is 19.8. The summed E-state index contributed by atoms with van der Waals surface area (Å²) in [6, 6.07) is 8.96. The van der Waals surface area contributed by atoms with Crippen molar-refractivity contribution in [1.82, 2.24) is 20.4 Å². The third-order valence-electron chi connectivity index (χ3n) is 4.79. The number of hydrogen-bond acceptors (Lipinski definition) is 4. The third-order valence-corrected chi connectivity index (χ3v) is 4.79. The van der Waals surface area contributed by atoms with Gasteiger partial charge in [0, 0.05) is 33.2 Å². The first-order valence-corrected chi connectivity index (χ1v) is 9.45. The van der Waals surface area contributed by atoms with Gasteiger partial charge in [-0.25, -0.2) is 0 Å². The predicted molar refractivity (Wildman–Crippen MR) is 104 cm³/mol. The van der Waals surface area contributed by atoms with Crippen LogP contribution in [-0.4, -0.2) is 73.3 Å². The summed E-state index contributed by atoms with van der Waals surface area (Å²) in [6.45, 7) is 6.66. The van der Waals surface area contributed by atoms with Gasteiger partial charge in [-0.05, 0) is 11.5 Å². The van der Waals surface area contributed by atoms with Crippen molar-refractivity contribution in [2.24, 2.45) is 5.92 Å². The van der Waals surface area contributed by atoms with Gasteiger partial charge in [-0.1, -0.05) is 44.2 Å². The van der Waals surface area contributed by atoms with Gasteiger partial charge in [0.2, 0.25) is 17.7 Å². The van der Waals surface area contributed by atoms with E-state index in [4.69, 9.17) is 0 Å². The molecule has 7 heteroatoms. The van der Waals surface area contributed by atoms with E-state index >= 15 is 0 Å². The summed E-state index contributed by atoms with van der Waals surface area (Å²) >= 11 is 0. The van der Waals surface area contributed by atoms with Crippen LogP contribution in [0.25, 0.3) is 0 Å². The van der Waals surface area contributed by atoms with Crippen molar-refractivity contribution in [3.8, 4) is 0 Å². The highest BCUT2D eigenvalue weighted by Gasteiger charge is 2.30. The van der Waals surface area contributed by atoms with Gasteiger partial charge in [-0.2, -0.15) is 0 Å². The first-order valence-electron chi connectivity index (χ1n) is 9.45. The lowest BCUT2D eigenvalue weighted by Gasteiger charge is -2.37. The molecule has 1 fully saturated rings. The summed E-state index contributed by atoms with van der Waals surface area (Å²) < 4.78 is 0. The van der Waals surface area contributed by atoms with Crippen LogP contribution in [0.2, 0.25) is 0 Å². The molecule has 0 aliphatic carbocycles. The third kappa shape index (κ3) is 6.36. The Morgan fingerprint density at radius 2 is 1.63 bits per heavy atom. The lowest BCUT2D eigenvalue weighted by atomic mass is 10.0. The maximum absolute atomic E-state index is 12.9. The van der Waals surface area contributed by atoms with E-state index in [1.807, 2.05) is 49.1 Å². The Morgan fingerprint density at radius 3 is 2.19 bits per heavy atom. The molecule has 0 saturated carbocycles. The van der Waals surface area contributed by atoms with Crippen molar-refractivity contribution in [2.75, 3.05) is 39.8 Å². The number of nitrogens with zero attached hydrogens (tertiary/aromatic N) is 2. The molecule has 1 aromatic carbocycles. The summed E-state index contributed by atoms with van der Waals surface area (Å²) in [5.41, 5.74) is 0.924. The van der Waals surface area contributed by atoms with E-state index in [0.29, 0.717) is 32.7 Å². The van der Waals surface area contributed by atoms with E-state index in [1.165, 1.54) is 0 Å². The molecular weight excluding hydrogens is 344 g/mol. The molecule has 1 aliphatic heterocycles. The molecule has 0 aromatic heterocycles. The Balaban J connectivity index is 1.89. The molecule has 1 unspecified atom stereocenters. The first kappa shape index (κ1) is 20.9. The zero-order valence-electron chi connectivity index (χ0n) is 16.4. The smallest absolute Gasteiger partial charge is 0.245 e. The van der Waals surface area contributed by atoms with Crippen LogP contribution in [0, 0.1) is 5.92 Å². The number of piperazine rings is 1. The number of benzene rings is 1. The van der Waals surface area contributed by atoms with Gasteiger partial charge in [0.05, 0.1) is 13.0 Å². The van der Waals surface area contributed by atoms with Gasteiger partial charge in [-0.15, -0.1) is 0 Å². The number of carbonyl (C=O) groups is 3. The molecule has 0 bridgehead atoms. The molecule has 148 valence electrons. The second kappa shape index (κ2) is 10.1. The van der Waals surface area contributed by atoms with Crippen molar-refractivity contribution >= 4 is 17.7 Å². The van der Waals surface area contributed by atoms with Crippen LogP contribution in [0.1, 0.15) is 19.4 Å². The average Bonchev–Trinajstić information content (AvgIpc) is 2.66. The number of rotatable bonds is 7. The number of likely N-dealkylation sites (N-methyl/N-ethyl adjacent to an activating group) is 1. The number of amides is 3. The van der Waals surface area contributed by atoms with E-state index in [1.54, 1.807) is 11.9 Å². The first-order chi connectivity index (χ1) is 12.9. The molecule has 1 aromatic rings. The van der Waals surface area contributed by atoms with Gasteiger partial charge >= 0.3 is 0 Å². The van der Waals surface area contributed by atoms with Gasteiger partial charge in [0.25, 0.3) is 0 Å². The number of carbonyl (C=O) groups excluding carboxylic acids is 3. The molecule has 27 heavy (non-hydrogen) atoms. The van der Waals surface area contributed by atoms with E-state index in [2.05, 4.69) is 10.6 Å². The Kier molecular flexibility index (Phi) is 7.79. The van der Waals surface area contributed by atoms with Crippen molar-refractivity contribution < 1.29 is 14.4 Å². The molecular formula is C20H30N4O3. The summed E-state index contributed by atoms with van der Waals surface area (Å²) in [5, 5.41) is 5.52. The van der Waals surface area contributed by atoms with Gasteiger partial charge in [-0.3, -0.25) is 19.3 Å². The van der Waals surface area contributed by atoms with Gasteiger partial charge in [0.1, 0.15) is 6.04 Å². The van der Waals surface area contributed by atoms with E-state index in [0.717, 1.165) is 5.56 Å². The van der Waals surface area contributed by atoms with E-state index in [9.17, 15) is 14.4 Å². The molecule has 1 aliphatic rings.